The molecule has 0 radical (unpaired) electrons. The van der Waals surface area contributed by atoms with Gasteiger partial charge in [0.2, 0.25) is 5.91 Å². The zero-order valence-electron chi connectivity index (χ0n) is 16.9. The molecule has 1 aromatic rings. The van der Waals surface area contributed by atoms with Gasteiger partial charge in [0.05, 0.1) is 6.61 Å². The molecule has 1 spiro atoms. The summed E-state index contributed by atoms with van der Waals surface area (Å²) in [5.74, 6) is 1.89. The molecular formula is C21H33N3O3. The summed E-state index contributed by atoms with van der Waals surface area (Å²) in [6, 6.07) is 7.85. The first-order valence-corrected chi connectivity index (χ1v) is 10.1. The van der Waals surface area contributed by atoms with Crippen LogP contribution in [0.2, 0.25) is 0 Å². The van der Waals surface area contributed by atoms with E-state index in [4.69, 9.17) is 9.47 Å². The molecule has 2 saturated heterocycles. The van der Waals surface area contributed by atoms with Crippen LogP contribution in [-0.2, 0) is 4.79 Å². The lowest BCUT2D eigenvalue weighted by Gasteiger charge is -2.49. The highest BCUT2D eigenvalue weighted by Gasteiger charge is 2.41. The molecule has 2 aliphatic heterocycles. The van der Waals surface area contributed by atoms with Crippen LogP contribution >= 0.6 is 0 Å². The molecule has 6 nitrogen and oxygen atoms in total. The number of carbonyl (C=O) groups is 1. The number of ether oxygens (including phenoxy) is 2. The Bertz CT molecular complexity index is 639. The summed E-state index contributed by atoms with van der Waals surface area (Å²) in [5.41, 5.74) is 0.0991. The first kappa shape index (κ1) is 20.0. The first-order chi connectivity index (χ1) is 13.0. The molecule has 6 heteroatoms. The molecule has 150 valence electrons. The summed E-state index contributed by atoms with van der Waals surface area (Å²) >= 11 is 0. The largest absolute Gasteiger partial charge is 0.490 e. The normalized spacial score (nSPS) is 24.9. The van der Waals surface area contributed by atoms with Crippen LogP contribution < -0.4 is 9.47 Å². The minimum atomic E-state index is 0.0991. The summed E-state index contributed by atoms with van der Waals surface area (Å²) in [7, 11) is 4.13. The summed E-state index contributed by atoms with van der Waals surface area (Å²) in [5, 5.41) is 0. The number of nitrogens with zero attached hydrogens (tertiary/aromatic N) is 3. The standard InChI is InChI=1S/C21H33N3O3/c1-4-26-18-7-5-6-8-19(18)27-16-15-24-14-13-23(3)21(17-24)10-9-20(25)22(2)12-11-21/h5-8H,4,9-17H2,1-3H3/t21-/m1/s1. The van der Waals surface area contributed by atoms with Gasteiger partial charge in [-0.1, -0.05) is 12.1 Å². The SMILES string of the molecule is CCOc1ccccc1OCCN1CCN(C)[C@@]2(CCC(=O)N(C)CC2)C1. The second kappa shape index (κ2) is 8.93. The molecule has 0 aromatic heterocycles. The van der Waals surface area contributed by atoms with E-state index in [1.54, 1.807) is 0 Å². The highest BCUT2D eigenvalue weighted by Crippen LogP contribution is 2.32. The van der Waals surface area contributed by atoms with Crippen molar-refractivity contribution in [2.45, 2.75) is 31.7 Å². The number of para-hydroxylation sites is 2. The molecule has 0 N–H and O–H groups in total. The average Bonchev–Trinajstić information content (AvgIpc) is 2.81. The number of likely N-dealkylation sites (N-methyl/N-ethyl adjacent to an activating group) is 1. The zero-order chi connectivity index (χ0) is 19.3. The van der Waals surface area contributed by atoms with Crippen molar-refractivity contribution in [2.24, 2.45) is 0 Å². The quantitative estimate of drug-likeness (QED) is 0.762. The zero-order valence-corrected chi connectivity index (χ0v) is 16.9. The lowest BCUT2D eigenvalue weighted by Crippen LogP contribution is -2.61. The van der Waals surface area contributed by atoms with E-state index in [9.17, 15) is 4.79 Å². The second-order valence-electron chi connectivity index (χ2n) is 7.72. The molecule has 0 bridgehead atoms. The Morgan fingerprint density at radius 1 is 1.04 bits per heavy atom. The molecule has 1 atom stereocenters. The van der Waals surface area contributed by atoms with E-state index in [2.05, 4.69) is 16.8 Å². The van der Waals surface area contributed by atoms with Crippen molar-refractivity contribution in [3.8, 4) is 11.5 Å². The van der Waals surface area contributed by atoms with Crippen LogP contribution in [0.25, 0.3) is 0 Å². The van der Waals surface area contributed by atoms with Crippen molar-refractivity contribution in [1.82, 2.24) is 14.7 Å². The van der Waals surface area contributed by atoms with Crippen LogP contribution in [0.5, 0.6) is 11.5 Å². The van der Waals surface area contributed by atoms with E-state index in [0.717, 1.165) is 57.1 Å². The second-order valence-corrected chi connectivity index (χ2v) is 7.72. The van der Waals surface area contributed by atoms with E-state index >= 15 is 0 Å². The fourth-order valence-electron chi connectivity index (χ4n) is 4.16. The van der Waals surface area contributed by atoms with Crippen molar-refractivity contribution < 1.29 is 14.3 Å². The molecule has 2 heterocycles. The third kappa shape index (κ3) is 4.74. The highest BCUT2D eigenvalue weighted by atomic mass is 16.5. The van der Waals surface area contributed by atoms with Gasteiger partial charge in [-0.3, -0.25) is 14.6 Å². The summed E-state index contributed by atoms with van der Waals surface area (Å²) in [6.07, 6.45) is 2.63. The molecule has 27 heavy (non-hydrogen) atoms. The fourth-order valence-corrected chi connectivity index (χ4v) is 4.16. The van der Waals surface area contributed by atoms with E-state index < -0.39 is 0 Å². The monoisotopic (exact) mass is 375 g/mol. The molecule has 1 amide bonds. The highest BCUT2D eigenvalue weighted by molar-refractivity contribution is 5.76. The van der Waals surface area contributed by atoms with Crippen LogP contribution in [0.4, 0.5) is 0 Å². The third-order valence-corrected chi connectivity index (χ3v) is 6.04. The first-order valence-electron chi connectivity index (χ1n) is 10.1. The van der Waals surface area contributed by atoms with E-state index in [-0.39, 0.29) is 11.4 Å². The van der Waals surface area contributed by atoms with Crippen molar-refractivity contribution >= 4 is 5.91 Å². The lowest BCUT2D eigenvalue weighted by molar-refractivity contribution is -0.129. The Morgan fingerprint density at radius 2 is 1.78 bits per heavy atom. The van der Waals surface area contributed by atoms with Gasteiger partial charge in [0.25, 0.3) is 0 Å². The smallest absolute Gasteiger partial charge is 0.222 e. The number of hydrogen-bond donors (Lipinski definition) is 0. The van der Waals surface area contributed by atoms with Gasteiger partial charge in [-0.15, -0.1) is 0 Å². The Hall–Kier alpha value is -1.79. The molecular weight excluding hydrogens is 342 g/mol. The predicted octanol–water partition coefficient (Wildman–Crippen LogP) is 2.09. The van der Waals surface area contributed by atoms with Crippen molar-refractivity contribution in [3.05, 3.63) is 24.3 Å². The predicted molar refractivity (Wildman–Crippen MR) is 106 cm³/mol. The van der Waals surface area contributed by atoms with Crippen LogP contribution in [-0.4, -0.2) is 86.2 Å². The maximum absolute atomic E-state index is 12.1. The number of rotatable bonds is 6. The van der Waals surface area contributed by atoms with Crippen molar-refractivity contribution in [1.29, 1.82) is 0 Å². The van der Waals surface area contributed by atoms with Gasteiger partial charge in [0, 0.05) is 51.7 Å². The van der Waals surface area contributed by atoms with Gasteiger partial charge in [-0.05, 0) is 38.9 Å². The molecule has 0 unspecified atom stereocenters. The topological polar surface area (TPSA) is 45.3 Å². The summed E-state index contributed by atoms with van der Waals surface area (Å²) in [6.45, 7) is 8.06. The number of amides is 1. The van der Waals surface area contributed by atoms with Gasteiger partial charge in [0.15, 0.2) is 11.5 Å². The molecule has 3 rings (SSSR count). The van der Waals surface area contributed by atoms with Gasteiger partial charge in [0.1, 0.15) is 6.61 Å². The minimum absolute atomic E-state index is 0.0991. The molecule has 2 fully saturated rings. The van der Waals surface area contributed by atoms with Crippen LogP contribution in [0, 0.1) is 0 Å². The number of benzene rings is 1. The van der Waals surface area contributed by atoms with Crippen molar-refractivity contribution in [2.75, 3.05) is 60.0 Å². The molecule has 1 aromatic carbocycles. The Morgan fingerprint density at radius 3 is 2.52 bits per heavy atom. The minimum Gasteiger partial charge on any atom is -0.490 e. The molecule has 0 saturated carbocycles. The Labute approximate surface area is 163 Å². The average molecular weight is 376 g/mol. The third-order valence-electron chi connectivity index (χ3n) is 6.04. The van der Waals surface area contributed by atoms with Crippen molar-refractivity contribution in [3.63, 3.8) is 0 Å². The van der Waals surface area contributed by atoms with Crippen LogP contribution in [0.1, 0.15) is 26.2 Å². The van der Waals surface area contributed by atoms with Gasteiger partial charge < -0.3 is 14.4 Å². The molecule has 0 aliphatic carbocycles. The Kier molecular flexibility index (Phi) is 6.60. The van der Waals surface area contributed by atoms with E-state index in [0.29, 0.717) is 19.6 Å². The van der Waals surface area contributed by atoms with E-state index in [1.165, 1.54) is 0 Å². The van der Waals surface area contributed by atoms with Gasteiger partial charge in [-0.25, -0.2) is 0 Å². The summed E-state index contributed by atoms with van der Waals surface area (Å²) < 4.78 is 11.6. The Balaban J connectivity index is 1.56. The number of carbonyl (C=O) groups excluding carboxylic acids is 1. The number of piperazine rings is 1. The van der Waals surface area contributed by atoms with Gasteiger partial charge >= 0.3 is 0 Å². The molecule has 2 aliphatic rings. The summed E-state index contributed by atoms with van der Waals surface area (Å²) in [4.78, 5) is 18.9. The van der Waals surface area contributed by atoms with E-state index in [1.807, 2.05) is 43.1 Å². The maximum atomic E-state index is 12.1. The number of hydrogen-bond acceptors (Lipinski definition) is 5. The number of likely N-dealkylation sites (tertiary alicyclic amines) is 1. The fraction of sp³-hybridized carbons (Fsp3) is 0.667. The van der Waals surface area contributed by atoms with Gasteiger partial charge in [-0.2, -0.15) is 0 Å². The lowest BCUT2D eigenvalue weighted by atomic mass is 9.86. The maximum Gasteiger partial charge on any atom is 0.222 e. The van der Waals surface area contributed by atoms with Crippen LogP contribution in [0.15, 0.2) is 24.3 Å². The van der Waals surface area contributed by atoms with Crippen LogP contribution in [0.3, 0.4) is 0 Å².